The third kappa shape index (κ3) is 4.20. The molecule has 0 bridgehead atoms. The van der Waals surface area contributed by atoms with E-state index in [1.807, 2.05) is 29.6 Å². The van der Waals surface area contributed by atoms with Crippen molar-refractivity contribution in [2.75, 3.05) is 12.4 Å². The average molecular weight is 427 g/mol. The van der Waals surface area contributed by atoms with Crippen molar-refractivity contribution in [1.82, 2.24) is 10.2 Å². The first-order chi connectivity index (χ1) is 14.5. The number of benzene rings is 1. The maximum absolute atomic E-state index is 12.7. The summed E-state index contributed by atoms with van der Waals surface area (Å²) >= 11 is 1.47. The van der Waals surface area contributed by atoms with Gasteiger partial charge >= 0.3 is 12.0 Å². The molecule has 0 spiro atoms. The number of thiophene rings is 1. The van der Waals surface area contributed by atoms with Gasteiger partial charge in [-0.05, 0) is 60.7 Å². The molecular weight excluding hydrogens is 406 g/mol. The highest BCUT2D eigenvalue weighted by Gasteiger charge is 2.27. The summed E-state index contributed by atoms with van der Waals surface area (Å²) in [5.74, 6) is -0.337. The van der Waals surface area contributed by atoms with Gasteiger partial charge in [-0.3, -0.25) is 14.9 Å². The number of carbonyl (C=O) groups excluding carboxylic acids is 1. The highest BCUT2D eigenvalue weighted by molar-refractivity contribution is 7.13. The summed E-state index contributed by atoms with van der Waals surface area (Å²) in [6.45, 7) is 0. The minimum Gasteiger partial charge on any atom is -0.496 e. The Morgan fingerprint density at radius 2 is 2.00 bits per heavy atom. The number of ether oxygens (including phenoxy) is 1. The van der Waals surface area contributed by atoms with Gasteiger partial charge < -0.3 is 14.3 Å². The second-order valence-electron chi connectivity index (χ2n) is 7.19. The lowest BCUT2D eigenvalue weighted by molar-refractivity contribution is -0.142. The van der Waals surface area contributed by atoms with Gasteiger partial charge in [-0.15, -0.1) is 16.4 Å². The van der Waals surface area contributed by atoms with E-state index >= 15 is 0 Å². The maximum atomic E-state index is 12.7. The zero-order valence-electron chi connectivity index (χ0n) is 16.3. The van der Waals surface area contributed by atoms with E-state index < -0.39 is 11.9 Å². The van der Waals surface area contributed by atoms with Crippen LogP contribution in [0, 0.1) is 5.92 Å². The Bertz CT molecular complexity index is 1040. The van der Waals surface area contributed by atoms with Crippen molar-refractivity contribution in [1.29, 1.82) is 0 Å². The molecule has 1 aliphatic rings. The monoisotopic (exact) mass is 427 g/mol. The van der Waals surface area contributed by atoms with Crippen molar-refractivity contribution in [2.24, 2.45) is 5.92 Å². The van der Waals surface area contributed by atoms with Crippen molar-refractivity contribution in [3.63, 3.8) is 0 Å². The predicted octanol–water partition coefficient (Wildman–Crippen LogP) is 4.42. The van der Waals surface area contributed by atoms with E-state index in [0.717, 1.165) is 23.3 Å². The summed E-state index contributed by atoms with van der Waals surface area (Å²) in [7, 11) is 1.51. The molecule has 8 nitrogen and oxygen atoms in total. The molecule has 2 aromatic heterocycles. The van der Waals surface area contributed by atoms with Gasteiger partial charge in [0.05, 0.1) is 23.5 Å². The Hall–Kier alpha value is -3.20. The third-order valence-electron chi connectivity index (χ3n) is 5.40. The lowest BCUT2D eigenvalue weighted by atomic mass is 9.78. The van der Waals surface area contributed by atoms with Crippen molar-refractivity contribution >= 4 is 29.2 Å². The van der Waals surface area contributed by atoms with Crippen LogP contribution in [0.15, 0.2) is 40.1 Å². The van der Waals surface area contributed by atoms with Crippen LogP contribution in [0.4, 0.5) is 6.01 Å². The summed E-state index contributed by atoms with van der Waals surface area (Å²) in [5.41, 5.74) is 1.40. The fourth-order valence-corrected chi connectivity index (χ4v) is 4.41. The van der Waals surface area contributed by atoms with Crippen LogP contribution in [-0.4, -0.2) is 34.3 Å². The normalized spacial score (nSPS) is 18.7. The number of methoxy groups -OCH3 is 1. The van der Waals surface area contributed by atoms with E-state index in [0.29, 0.717) is 30.0 Å². The summed E-state index contributed by atoms with van der Waals surface area (Å²) in [6.07, 6.45) is 2.93. The Morgan fingerprint density at radius 1 is 1.20 bits per heavy atom. The fraction of sp³-hybridized carbons (Fsp3) is 0.333. The first-order valence-electron chi connectivity index (χ1n) is 9.64. The number of carboxylic acid groups (broad SMARTS) is 1. The minimum absolute atomic E-state index is 0.0153. The van der Waals surface area contributed by atoms with Gasteiger partial charge in [0.1, 0.15) is 5.75 Å². The Morgan fingerprint density at radius 3 is 2.67 bits per heavy atom. The molecule has 1 aliphatic carbocycles. The molecule has 0 saturated heterocycles. The lowest BCUT2D eigenvalue weighted by Crippen LogP contribution is -2.20. The van der Waals surface area contributed by atoms with Crippen molar-refractivity contribution in [3.8, 4) is 16.5 Å². The number of hydrogen-bond acceptors (Lipinski definition) is 7. The van der Waals surface area contributed by atoms with Gasteiger partial charge in [-0.1, -0.05) is 17.2 Å². The highest BCUT2D eigenvalue weighted by Crippen LogP contribution is 2.37. The average Bonchev–Trinajstić information content (AvgIpc) is 3.45. The van der Waals surface area contributed by atoms with Crippen molar-refractivity contribution in [2.45, 2.75) is 31.6 Å². The minimum atomic E-state index is -0.721. The number of carbonyl (C=O) groups is 2. The number of nitrogens with zero attached hydrogens (tertiary/aromatic N) is 2. The van der Waals surface area contributed by atoms with E-state index in [1.165, 1.54) is 18.4 Å². The molecular formula is C21H21N3O5S. The van der Waals surface area contributed by atoms with Gasteiger partial charge in [0, 0.05) is 0 Å². The molecule has 30 heavy (non-hydrogen) atoms. The zero-order valence-corrected chi connectivity index (χ0v) is 17.1. The molecule has 0 atom stereocenters. The van der Waals surface area contributed by atoms with E-state index in [9.17, 15) is 9.59 Å². The van der Waals surface area contributed by atoms with Crippen LogP contribution in [0.25, 0.3) is 10.8 Å². The zero-order chi connectivity index (χ0) is 21.1. The second kappa shape index (κ2) is 8.66. The Balaban J connectivity index is 1.46. The van der Waals surface area contributed by atoms with Gasteiger partial charge in [-0.2, -0.15) is 0 Å². The largest absolute Gasteiger partial charge is 0.496 e. The molecule has 2 N–H and O–H groups in total. The highest BCUT2D eigenvalue weighted by atomic mass is 32.1. The van der Waals surface area contributed by atoms with Crippen LogP contribution >= 0.6 is 11.3 Å². The number of rotatable bonds is 6. The number of amides is 1. The molecule has 0 aliphatic heterocycles. The molecule has 3 aromatic rings. The van der Waals surface area contributed by atoms with E-state index in [4.69, 9.17) is 14.3 Å². The molecule has 0 radical (unpaired) electrons. The summed E-state index contributed by atoms with van der Waals surface area (Å²) in [5, 5.41) is 21.5. The first-order valence-corrected chi connectivity index (χ1v) is 10.5. The molecule has 1 saturated carbocycles. The molecule has 4 rings (SSSR count). The van der Waals surface area contributed by atoms with Crippen LogP contribution in [-0.2, 0) is 4.79 Å². The first kappa shape index (κ1) is 20.1. The quantitative estimate of drug-likeness (QED) is 0.598. The number of aromatic nitrogens is 2. The fourth-order valence-electron chi connectivity index (χ4n) is 3.76. The summed E-state index contributed by atoms with van der Waals surface area (Å²) < 4.78 is 10.9. The second-order valence-corrected chi connectivity index (χ2v) is 8.14. The van der Waals surface area contributed by atoms with E-state index in [2.05, 4.69) is 15.5 Å². The molecule has 0 unspecified atom stereocenters. The van der Waals surface area contributed by atoms with Crippen LogP contribution in [0.1, 0.15) is 47.5 Å². The lowest BCUT2D eigenvalue weighted by Gasteiger charge is -2.26. The SMILES string of the molecule is COc1cc([C@H]2CC[C@@H](C(=O)O)CC2)ccc1C(=O)Nc1nnc(-c2cccs2)o1. The van der Waals surface area contributed by atoms with Gasteiger partial charge in [0.15, 0.2) is 0 Å². The van der Waals surface area contributed by atoms with E-state index in [-0.39, 0.29) is 17.9 Å². The summed E-state index contributed by atoms with van der Waals surface area (Å²) in [6, 6.07) is 9.21. The molecule has 1 aromatic carbocycles. The molecule has 156 valence electrons. The van der Waals surface area contributed by atoms with Crippen molar-refractivity contribution in [3.05, 3.63) is 46.8 Å². The summed E-state index contributed by atoms with van der Waals surface area (Å²) in [4.78, 5) is 24.7. The number of carboxylic acids is 1. The van der Waals surface area contributed by atoms with Crippen molar-refractivity contribution < 1.29 is 23.8 Å². The molecule has 1 fully saturated rings. The molecule has 9 heteroatoms. The van der Waals surface area contributed by atoms with Gasteiger partial charge in [0.25, 0.3) is 11.8 Å². The van der Waals surface area contributed by atoms with Gasteiger partial charge in [0.2, 0.25) is 0 Å². The topological polar surface area (TPSA) is 115 Å². The van der Waals surface area contributed by atoms with Crippen LogP contribution in [0.5, 0.6) is 5.75 Å². The Labute approximate surface area is 176 Å². The maximum Gasteiger partial charge on any atom is 0.322 e. The third-order valence-corrected chi connectivity index (χ3v) is 6.25. The van der Waals surface area contributed by atoms with E-state index in [1.54, 1.807) is 6.07 Å². The number of nitrogens with one attached hydrogen (secondary N) is 1. The van der Waals surface area contributed by atoms with Crippen LogP contribution < -0.4 is 10.1 Å². The number of aliphatic carboxylic acids is 1. The van der Waals surface area contributed by atoms with Crippen LogP contribution in [0.3, 0.4) is 0 Å². The number of hydrogen-bond donors (Lipinski definition) is 2. The Kier molecular flexibility index (Phi) is 5.80. The number of anilines is 1. The predicted molar refractivity (Wildman–Crippen MR) is 111 cm³/mol. The standard InChI is InChI=1S/C21H21N3O5S/c1-28-16-11-14(12-4-6-13(7-5-12)20(26)27)8-9-15(16)18(25)22-21-24-23-19(29-21)17-3-2-10-30-17/h2-3,8-13H,4-7H2,1H3,(H,26,27)(H,22,24,25)/t12-,13+. The smallest absolute Gasteiger partial charge is 0.322 e. The van der Waals surface area contributed by atoms with Crippen LogP contribution in [0.2, 0.25) is 0 Å². The van der Waals surface area contributed by atoms with Gasteiger partial charge in [-0.25, -0.2) is 0 Å². The molecule has 2 heterocycles. The molecule has 1 amide bonds.